The highest BCUT2D eigenvalue weighted by molar-refractivity contribution is 4.86. The van der Waals surface area contributed by atoms with Crippen molar-refractivity contribution in [2.24, 2.45) is 0 Å². The number of hydrogen-bond acceptors (Lipinski definition) is 3. The molecule has 0 aromatic carbocycles. The van der Waals surface area contributed by atoms with Crippen LogP contribution in [0.2, 0.25) is 0 Å². The molecule has 3 heteroatoms. The van der Waals surface area contributed by atoms with Gasteiger partial charge in [0.25, 0.3) is 0 Å². The lowest BCUT2D eigenvalue weighted by molar-refractivity contribution is 0.00671. The molecule has 1 aliphatic rings. The molecule has 3 nitrogen and oxygen atoms in total. The van der Waals surface area contributed by atoms with Crippen molar-refractivity contribution in [3.63, 3.8) is 0 Å². The van der Waals surface area contributed by atoms with Crippen molar-refractivity contribution in [3.8, 4) is 0 Å². The fraction of sp³-hybridized carbons (Fsp3) is 1.00. The molecule has 12 heavy (non-hydrogen) atoms. The Kier molecular flexibility index (Phi) is 3.50. The van der Waals surface area contributed by atoms with Gasteiger partial charge in [-0.2, -0.15) is 0 Å². The molecule has 0 aliphatic carbocycles. The van der Waals surface area contributed by atoms with E-state index in [0.717, 1.165) is 6.61 Å². The minimum absolute atomic E-state index is 0.0117. The third-order valence-corrected chi connectivity index (χ3v) is 1.72. The SMILES string of the molecule is CC(C)OCCOCC1(C)CO1. The van der Waals surface area contributed by atoms with Crippen molar-refractivity contribution < 1.29 is 14.2 Å². The summed E-state index contributed by atoms with van der Waals surface area (Å²) in [5, 5.41) is 0. The highest BCUT2D eigenvalue weighted by atomic mass is 16.6. The molecular formula is C9H18O3. The quantitative estimate of drug-likeness (QED) is 0.448. The summed E-state index contributed by atoms with van der Waals surface area (Å²) in [6, 6.07) is 0. The molecule has 1 saturated heterocycles. The maximum atomic E-state index is 5.36. The average Bonchev–Trinajstić information content (AvgIpc) is 2.67. The fourth-order valence-corrected chi connectivity index (χ4v) is 0.837. The lowest BCUT2D eigenvalue weighted by Gasteiger charge is -2.09. The zero-order valence-electron chi connectivity index (χ0n) is 8.13. The minimum Gasteiger partial charge on any atom is -0.376 e. The third kappa shape index (κ3) is 4.04. The molecule has 0 bridgehead atoms. The average molecular weight is 174 g/mol. The highest BCUT2D eigenvalue weighted by Gasteiger charge is 2.39. The zero-order valence-corrected chi connectivity index (χ0v) is 8.13. The monoisotopic (exact) mass is 174 g/mol. The summed E-state index contributed by atoms with van der Waals surface area (Å²) in [7, 11) is 0. The second-order valence-corrected chi connectivity index (χ2v) is 3.71. The van der Waals surface area contributed by atoms with Crippen molar-refractivity contribution in [2.45, 2.75) is 32.5 Å². The summed E-state index contributed by atoms with van der Waals surface area (Å²) in [6.07, 6.45) is 0.293. The summed E-state index contributed by atoms with van der Waals surface area (Å²) in [5.74, 6) is 0. The maximum absolute atomic E-state index is 5.36. The van der Waals surface area contributed by atoms with Gasteiger partial charge >= 0.3 is 0 Å². The van der Waals surface area contributed by atoms with E-state index in [0.29, 0.717) is 25.9 Å². The van der Waals surface area contributed by atoms with Crippen LogP contribution in [0.1, 0.15) is 20.8 Å². The van der Waals surface area contributed by atoms with E-state index in [2.05, 4.69) is 6.92 Å². The number of rotatable bonds is 6. The first-order chi connectivity index (χ1) is 5.62. The van der Waals surface area contributed by atoms with Gasteiger partial charge in [0.15, 0.2) is 0 Å². The molecular weight excluding hydrogens is 156 g/mol. The standard InChI is InChI=1S/C9H18O3/c1-8(2)11-5-4-10-6-9(3)7-12-9/h8H,4-7H2,1-3H3. The third-order valence-electron chi connectivity index (χ3n) is 1.72. The molecule has 0 N–H and O–H groups in total. The second kappa shape index (κ2) is 4.21. The minimum atomic E-state index is 0.0117. The molecule has 72 valence electrons. The molecule has 0 spiro atoms. The topological polar surface area (TPSA) is 31.0 Å². The van der Waals surface area contributed by atoms with Gasteiger partial charge in [0.2, 0.25) is 0 Å². The van der Waals surface area contributed by atoms with Crippen molar-refractivity contribution in [1.82, 2.24) is 0 Å². The second-order valence-electron chi connectivity index (χ2n) is 3.71. The summed E-state index contributed by atoms with van der Waals surface area (Å²) in [5.41, 5.74) is 0.0117. The van der Waals surface area contributed by atoms with Crippen LogP contribution < -0.4 is 0 Å². The first-order valence-electron chi connectivity index (χ1n) is 4.46. The van der Waals surface area contributed by atoms with Crippen LogP contribution in [0.4, 0.5) is 0 Å². The lowest BCUT2D eigenvalue weighted by atomic mass is 10.2. The van der Waals surface area contributed by atoms with Gasteiger partial charge in [-0.25, -0.2) is 0 Å². The van der Waals surface area contributed by atoms with Gasteiger partial charge < -0.3 is 14.2 Å². The summed E-state index contributed by atoms with van der Waals surface area (Å²) in [6.45, 7) is 8.95. The predicted octanol–water partition coefficient (Wildman–Crippen LogP) is 1.22. The zero-order chi connectivity index (χ0) is 9.03. The first-order valence-corrected chi connectivity index (χ1v) is 4.46. The fourth-order valence-electron chi connectivity index (χ4n) is 0.837. The molecule has 1 fully saturated rings. The highest BCUT2D eigenvalue weighted by Crippen LogP contribution is 2.25. The van der Waals surface area contributed by atoms with Gasteiger partial charge in [0, 0.05) is 0 Å². The smallest absolute Gasteiger partial charge is 0.112 e. The molecule has 1 heterocycles. The van der Waals surface area contributed by atoms with Crippen molar-refractivity contribution in [1.29, 1.82) is 0 Å². The Morgan fingerprint density at radius 2 is 2.08 bits per heavy atom. The van der Waals surface area contributed by atoms with E-state index in [9.17, 15) is 0 Å². The Balaban J connectivity index is 1.83. The van der Waals surface area contributed by atoms with Gasteiger partial charge in [-0.05, 0) is 20.8 Å². The predicted molar refractivity (Wildman–Crippen MR) is 46.3 cm³/mol. The largest absolute Gasteiger partial charge is 0.376 e. The van der Waals surface area contributed by atoms with E-state index in [1.54, 1.807) is 0 Å². The molecule has 0 aromatic rings. The Morgan fingerprint density at radius 3 is 2.58 bits per heavy atom. The molecule has 0 aromatic heterocycles. The summed E-state index contributed by atoms with van der Waals surface area (Å²) in [4.78, 5) is 0. The van der Waals surface area contributed by atoms with Gasteiger partial charge in [0.05, 0.1) is 32.5 Å². The van der Waals surface area contributed by atoms with E-state index in [1.165, 1.54) is 0 Å². The molecule has 1 atom stereocenters. The van der Waals surface area contributed by atoms with Crippen LogP contribution in [-0.2, 0) is 14.2 Å². The van der Waals surface area contributed by atoms with Crippen LogP contribution >= 0.6 is 0 Å². The van der Waals surface area contributed by atoms with Gasteiger partial charge in [-0.1, -0.05) is 0 Å². The van der Waals surface area contributed by atoms with Gasteiger partial charge in [0.1, 0.15) is 5.60 Å². The number of hydrogen-bond donors (Lipinski definition) is 0. The molecule has 1 rings (SSSR count). The van der Waals surface area contributed by atoms with Crippen LogP contribution in [0.25, 0.3) is 0 Å². The Morgan fingerprint density at radius 1 is 1.42 bits per heavy atom. The molecule has 1 aliphatic heterocycles. The van der Waals surface area contributed by atoms with Gasteiger partial charge in [-0.15, -0.1) is 0 Å². The van der Waals surface area contributed by atoms with Crippen LogP contribution in [0.3, 0.4) is 0 Å². The van der Waals surface area contributed by atoms with Gasteiger partial charge in [-0.3, -0.25) is 0 Å². The number of epoxide rings is 1. The first kappa shape index (κ1) is 9.96. The molecule has 0 saturated carbocycles. The Labute approximate surface area is 74.0 Å². The summed E-state index contributed by atoms with van der Waals surface area (Å²) >= 11 is 0. The van der Waals surface area contributed by atoms with Crippen LogP contribution in [0, 0.1) is 0 Å². The molecule has 1 unspecified atom stereocenters. The molecule has 0 amide bonds. The van der Waals surface area contributed by atoms with E-state index >= 15 is 0 Å². The molecule has 0 radical (unpaired) electrons. The lowest BCUT2D eigenvalue weighted by Crippen LogP contribution is -2.17. The normalized spacial score (nSPS) is 28.0. The number of ether oxygens (including phenoxy) is 3. The van der Waals surface area contributed by atoms with E-state index in [1.807, 2.05) is 13.8 Å². The van der Waals surface area contributed by atoms with Crippen molar-refractivity contribution in [3.05, 3.63) is 0 Å². The Hall–Kier alpha value is -0.120. The van der Waals surface area contributed by atoms with E-state index in [-0.39, 0.29) is 5.60 Å². The summed E-state index contributed by atoms with van der Waals surface area (Å²) < 4.78 is 15.8. The van der Waals surface area contributed by atoms with Crippen molar-refractivity contribution >= 4 is 0 Å². The van der Waals surface area contributed by atoms with Crippen LogP contribution in [-0.4, -0.2) is 38.1 Å². The van der Waals surface area contributed by atoms with E-state index < -0.39 is 0 Å². The maximum Gasteiger partial charge on any atom is 0.112 e. The van der Waals surface area contributed by atoms with E-state index in [4.69, 9.17) is 14.2 Å². The van der Waals surface area contributed by atoms with Crippen molar-refractivity contribution in [2.75, 3.05) is 26.4 Å². The van der Waals surface area contributed by atoms with Crippen LogP contribution in [0.5, 0.6) is 0 Å². The Bertz CT molecular complexity index is 130. The van der Waals surface area contributed by atoms with Crippen LogP contribution in [0.15, 0.2) is 0 Å².